The van der Waals surface area contributed by atoms with E-state index in [1.807, 2.05) is 31.2 Å². The molecule has 1 heterocycles. The molecule has 7 nitrogen and oxygen atoms in total. The summed E-state index contributed by atoms with van der Waals surface area (Å²) in [5.74, 6) is 0. The molecule has 0 bridgehead atoms. The monoisotopic (exact) mass is 328 g/mol. The van der Waals surface area contributed by atoms with Gasteiger partial charge in [0, 0.05) is 5.56 Å². The minimum Gasteiger partial charge on any atom is -0.394 e. The Labute approximate surface area is 132 Å². The van der Waals surface area contributed by atoms with Crippen molar-refractivity contribution in [1.29, 1.82) is 0 Å². The predicted molar refractivity (Wildman–Crippen MR) is 83.3 cm³/mol. The lowest BCUT2D eigenvalue weighted by Gasteiger charge is -2.28. The summed E-state index contributed by atoms with van der Waals surface area (Å²) in [4.78, 5) is 0. The van der Waals surface area contributed by atoms with Crippen molar-refractivity contribution >= 4 is 16.8 Å². The van der Waals surface area contributed by atoms with Crippen molar-refractivity contribution in [3.8, 4) is 0 Å². The molecule has 0 unspecified atom stereocenters. The molecule has 0 saturated carbocycles. The molecule has 1 aliphatic heterocycles. The number of hydrogen-bond acceptors (Lipinski definition) is 8. The maximum atomic E-state index is 10.1. The maximum absolute atomic E-state index is 10.1. The summed E-state index contributed by atoms with van der Waals surface area (Å²) in [5.41, 5.74) is 4.69. The zero-order valence-corrected chi connectivity index (χ0v) is 12.8. The van der Waals surface area contributed by atoms with Crippen LogP contribution < -0.4 is 5.43 Å². The Balaban J connectivity index is 1.97. The molecule has 6 N–H and O–H groups in total. The van der Waals surface area contributed by atoms with Gasteiger partial charge in [0.25, 0.3) is 0 Å². The number of nitrogens with zero attached hydrogens (tertiary/aromatic N) is 1. The number of hydrazone groups is 1. The molecule has 2 rings (SSSR count). The van der Waals surface area contributed by atoms with Gasteiger partial charge < -0.3 is 25.5 Å². The van der Waals surface area contributed by atoms with E-state index in [1.54, 1.807) is 0 Å². The summed E-state index contributed by atoms with van der Waals surface area (Å²) >= 11 is 1.22. The molecule has 0 spiro atoms. The van der Waals surface area contributed by atoms with E-state index >= 15 is 0 Å². The van der Waals surface area contributed by atoms with Gasteiger partial charge in [-0.2, -0.15) is 5.10 Å². The summed E-state index contributed by atoms with van der Waals surface area (Å²) in [7, 11) is 0. The molecule has 22 heavy (non-hydrogen) atoms. The number of aryl methyl sites for hydroxylation is 1. The molecular weight excluding hydrogens is 308 g/mol. The van der Waals surface area contributed by atoms with Crippen LogP contribution >= 0.6 is 11.8 Å². The number of hydrogen-bond donors (Lipinski definition) is 6. The van der Waals surface area contributed by atoms with Crippen molar-refractivity contribution in [2.75, 3.05) is 6.61 Å². The number of thioether (sulfide) groups is 1. The van der Waals surface area contributed by atoms with Crippen molar-refractivity contribution < 1.29 is 25.5 Å². The highest BCUT2D eigenvalue weighted by Gasteiger charge is 2.37. The summed E-state index contributed by atoms with van der Waals surface area (Å²) in [6.07, 6.45) is -6.15. The van der Waals surface area contributed by atoms with Gasteiger partial charge in [0.1, 0.15) is 34.8 Å². The van der Waals surface area contributed by atoms with E-state index in [-0.39, 0.29) is 0 Å². The summed E-state index contributed by atoms with van der Waals surface area (Å²) in [6.45, 7) is 1.27. The molecule has 5 atom stereocenters. The Morgan fingerprint density at radius 3 is 2.36 bits per heavy atom. The van der Waals surface area contributed by atoms with Crippen molar-refractivity contribution in [3.63, 3.8) is 0 Å². The fraction of sp³-hybridized carbons (Fsp3) is 0.500. The van der Waals surface area contributed by atoms with E-state index in [0.717, 1.165) is 11.1 Å². The lowest BCUT2D eigenvalue weighted by Crippen LogP contribution is -2.51. The Morgan fingerprint density at radius 2 is 1.77 bits per heavy atom. The van der Waals surface area contributed by atoms with Crippen LogP contribution in [0.3, 0.4) is 0 Å². The standard InChI is InChI=1S/C14H20N2O5S/c1-7-2-4-8(5-3-7)13-15-16-14(22-13)12(21)11(20)10(19)9(18)6-17/h2-5,9-12,14,16-21H,6H2,1H3/t9-,10+,11+,12+,14-/m0/s1. The van der Waals surface area contributed by atoms with Crippen LogP contribution in [-0.4, -0.2) is 67.0 Å². The van der Waals surface area contributed by atoms with Crippen LogP contribution in [0.15, 0.2) is 29.4 Å². The first-order valence-corrected chi connectivity index (χ1v) is 7.72. The van der Waals surface area contributed by atoms with Gasteiger partial charge in [-0.05, 0) is 6.92 Å². The summed E-state index contributed by atoms with van der Waals surface area (Å²) < 4.78 is 0. The quantitative estimate of drug-likeness (QED) is 0.385. The Hall–Kier alpha value is -1.16. The van der Waals surface area contributed by atoms with Crippen LogP contribution in [0.1, 0.15) is 11.1 Å². The average molecular weight is 328 g/mol. The lowest BCUT2D eigenvalue weighted by molar-refractivity contribution is -0.116. The Kier molecular flexibility index (Phi) is 5.79. The van der Waals surface area contributed by atoms with Crippen LogP contribution in [0, 0.1) is 6.92 Å². The van der Waals surface area contributed by atoms with E-state index in [0.29, 0.717) is 5.04 Å². The van der Waals surface area contributed by atoms with Crippen molar-refractivity contribution in [3.05, 3.63) is 35.4 Å². The summed E-state index contributed by atoms with van der Waals surface area (Å²) in [6, 6.07) is 7.69. The highest BCUT2D eigenvalue weighted by Crippen LogP contribution is 2.27. The van der Waals surface area contributed by atoms with Gasteiger partial charge in [0.15, 0.2) is 0 Å². The zero-order valence-electron chi connectivity index (χ0n) is 12.0. The Morgan fingerprint density at radius 1 is 1.14 bits per heavy atom. The second-order valence-electron chi connectivity index (χ2n) is 5.17. The third-order valence-corrected chi connectivity index (χ3v) is 4.61. The van der Waals surface area contributed by atoms with E-state index in [2.05, 4.69) is 10.5 Å². The van der Waals surface area contributed by atoms with Crippen LogP contribution in [0.25, 0.3) is 0 Å². The van der Waals surface area contributed by atoms with Crippen LogP contribution in [0.2, 0.25) is 0 Å². The maximum Gasteiger partial charge on any atom is 0.125 e. The predicted octanol–water partition coefficient (Wildman–Crippen LogP) is -1.24. The van der Waals surface area contributed by atoms with Crippen LogP contribution in [0.5, 0.6) is 0 Å². The lowest BCUT2D eigenvalue weighted by atomic mass is 10.0. The van der Waals surface area contributed by atoms with Gasteiger partial charge in [-0.15, -0.1) is 0 Å². The molecule has 1 aromatic carbocycles. The number of nitrogens with one attached hydrogen (secondary N) is 1. The first-order chi connectivity index (χ1) is 10.4. The minimum absolute atomic E-state index is 0.660. The van der Waals surface area contributed by atoms with Gasteiger partial charge >= 0.3 is 0 Å². The molecule has 122 valence electrons. The highest BCUT2D eigenvalue weighted by atomic mass is 32.2. The smallest absolute Gasteiger partial charge is 0.125 e. The van der Waals surface area contributed by atoms with Crippen LogP contribution in [-0.2, 0) is 0 Å². The molecule has 8 heteroatoms. The second kappa shape index (κ2) is 7.40. The molecule has 0 radical (unpaired) electrons. The van der Waals surface area contributed by atoms with Gasteiger partial charge in [-0.3, -0.25) is 5.43 Å². The van der Waals surface area contributed by atoms with E-state index in [9.17, 15) is 20.4 Å². The number of aliphatic hydroxyl groups excluding tert-OH is 5. The highest BCUT2D eigenvalue weighted by molar-refractivity contribution is 8.15. The van der Waals surface area contributed by atoms with Gasteiger partial charge in [-0.25, -0.2) is 0 Å². The Bertz CT molecular complexity index is 524. The van der Waals surface area contributed by atoms with Gasteiger partial charge in [0.2, 0.25) is 0 Å². The largest absolute Gasteiger partial charge is 0.394 e. The molecule has 1 aliphatic rings. The molecule has 0 aliphatic carbocycles. The number of benzene rings is 1. The zero-order chi connectivity index (χ0) is 16.3. The third kappa shape index (κ3) is 3.78. The second-order valence-corrected chi connectivity index (χ2v) is 6.30. The molecule has 0 amide bonds. The van der Waals surface area contributed by atoms with Gasteiger partial charge in [0.05, 0.1) is 6.61 Å². The van der Waals surface area contributed by atoms with E-state index < -0.39 is 36.4 Å². The van der Waals surface area contributed by atoms with E-state index in [1.165, 1.54) is 11.8 Å². The van der Waals surface area contributed by atoms with Gasteiger partial charge in [-0.1, -0.05) is 41.6 Å². The van der Waals surface area contributed by atoms with Crippen molar-refractivity contribution in [2.45, 2.75) is 36.7 Å². The first kappa shape index (κ1) is 17.2. The molecule has 0 aromatic heterocycles. The number of rotatable bonds is 6. The van der Waals surface area contributed by atoms with Crippen molar-refractivity contribution in [2.24, 2.45) is 5.10 Å². The molecule has 1 aromatic rings. The molecule has 0 fully saturated rings. The first-order valence-electron chi connectivity index (χ1n) is 6.84. The average Bonchev–Trinajstić information content (AvgIpc) is 3.02. The topological polar surface area (TPSA) is 126 Å². The molecule has 0 saturated heterocycles. The normalized spacial score (nSPS) is 23.4. The SMILES string of the molecule is Cc1ccc(C2=NN[C@H]([C@H](O)[C@H](O)[C@H](O)[C@@H](O)CO)S2)cc1. The fourth-order valence-corrected chi connectivity index (χ4v) is 3.01. The summed E-state index contributed by atoms with van der Waals surface area (Å²) in [5, 5.41) is 51.8. The van der Waals surface area contributed by atoms with E-state index in [4.69, 9.17) is 5.11 Å². The number of aliphatic hydroxyl groups is 5. The third-order valence-electron chi connectivity index (χ3n) is 3.42. The minimum atomic E-state index is -1.65. The van der Waals surface area contributed by atoms with Crippen LogP contribution in [0.4, 0.5) is 0 Å². The van der Waals surface area contributed by atoms with Crippen molar-refractivity contribution in [1.82, 2.24) is 5.43 Å². The molecular formula is C14H20N2O5S. The fourth-order valence-electron chi connectivity index (χ4n) is 1.99.